The van der Waals surface area contributed by atoms with E-state index in [0.717, 1.165) is 24.7 Å². The van der Waals surface area contributed by atoms with Crippen molar-refractivity contribution in [2.24, 2.45) is 0 Å². The molecule has 84 valence electrons. The fourth-order valence-electron chi connectivity index (χ4n) is 1.45. The molecule has 5 heteroatoms. The third-order valence-electron chi connectivity index (χ3n) is 2.27. The van der Waals surface area contributed by atoms with Crippen molar-refractivity contribution >= 4 is 0 Å². The predicted octanol–water partition coefficient (Wildman–Crippen LogP) is 0.831. The molecular weight excluding hydrogens is 202 g/mol. The van der Waals surface area contributed by atoms with Gasteiger partial charge >= 0.3 is 0 Å². The van der Waals surface area contributed by atoms with E-state index in [1.807, 2.05) is 12.3 Å². The van der Waals surface area contributed by atoms with Gasteiger partial charge in [-0.3, -0.25) is 0 Å². The second-order valence-corrected chi connectivity index (χ2v) is 3.42. The van der Waals surface area contributed by atoms with E-state index in [-0.39, 0.29) is 0 Å². The molecule has 0 saturated carbocycles. The Balaban J connectivity index is 2.07. The zero-order chi connectivity index (χ0) is 11.2. The first-order valence-electron chi connectivity index (χ1n) is 5.36. The highest BCUT2D eigenvalue weighted by Gasteiger charge is 2.03. The molecule has 5 nitrogen and oxygen atoms in total. The molecule has 0 atom stereocenters. The van der Waals surface area contributed by atoms with Crippen LogP contribution in [0.25, 0.3) is 0 Å². The molecule has 0 aromatic carbocycles. The Morgan fingerprint density at radius 1 is 1.19 bits per heavy atom. The molecule has 16 heavy (non-hydrogen) atoms. The van der Waals surface area contributed by atoms with Gasteiger partial charge in [0, 0.05) is 24.8 Å². The molecule has 0 amide bonds. The lowest BCUT2D eigenvalue weighted by Gasteiger charge is -2.06. The maximum absolute atomic E-state index is 4.29. The maximum atomic E-state index is 4.29. The van der Waals surface area contributed by atoms with E-state index < -0.39 is 0 Å². The normalized spacial score (nSPS) is 10.6. The second kappa shape index (κ2) is 5.37. The molecule has 0 aliphatic heterocycles. The lowest BCUT2D eigenvalue weighted by molar-refractivity contribution is 0.627. The van der Waals surface area contributed by atoms with Crippen LogP contribution in [-0.2, 0) is 13.1 Å². The third kappa shape index (κ3) is 2.64. The second-order valence-electron chi connectivity index (χ2n) is 3.42. The molecular formula is C11H15N5. The monoisotopic (exact) mass is 217 g/mol. The minimum Gasteiger partial charge on any atom is -0.326 e. The molecule has 2 rings (SSSR count). The summed E-state index contributed by atoms with van der Waals surface area (Å²) in [5.41, 5.74) is 0. The molecule has 2 heterocycles. The van der Waals surface area contributed by atoms with Crippen molar-refractivity contribution in [3.63, 3.8) is 0 Å². The minimum atomic E-state index is 0.668. The van der Waals surface area contributed by atoms with E-state index in [2.05, 4.69) is 31.8 Å². The fraction of sp³-hybridized carbons (Fsp3) is 0.364. The summed E-state index contributed by atoms with van der Waals surface area (Å²) < 4.78 is 2.05. The highest BCUT2D eigenvalue weighted by Crippen LogP contribution is 2.00. The summed E-state index contributed by atoms with van der Waals surface area (Å²) in [5, 5.41) is 3.25. The van der Waals surface area contributed by atoms with Crippen molar-refractivity contribution in [1.29, 1.82) is 0 Å². The van der Waals surface area contributed by atoms with Crippen LogP contribution in [0, 0.1) is 0 Å². The zero-order valence-electron chi connectivity index (χ0n) is 9.30. The molecule has 2 aromatic heterocycles. The minimum absolute atomic E-state index is 0.668. The molecule has 0 unspecified atom stereocenters. The highest BCUT2D eigenvalue weighted by molar-refractivity contribution is 4.97. The van der Waals surface area contributed by atoms with Crippen LogP contribution in [0.5, 0.6) is 0 Å². The van der Waals surface area contributed by atoms with Crippen LogP contribution in [0.15, 0.2) is 30.9 Å². The van der Waals surface area contributed by atoms with Crippen LogP contribution in [0.1, 0.15) is 18.6 Å². The van der Waals surface area contributed by atoms with Crippen LogP contribution < -0.4 is 5.32 Å². The van der Waals surface area contributed by atoms with Gasteiger partial charge in [-0.1, -0.05) is 6.92 Å². The largest absolute Gasteiger partial charge is 0.326 e. The Labute approximate surface area is 94.6 Å². The highest BCUT2D eigenvalue weighted by atomic mass is 15.1. The van der Waals surface area contributed by atoms with E-state index in [4.69, 9.17) is 0 Å². The molecule has 0 saturated heterocycles. The van der Waals surface area contributed by atoms with E-state index in [0.29, 0.717) is 6.54 Å². The van der Waals surface area contributed by atoms with E-state index in [1.165, 1.54) is 0 Å². The lowest BCUT2D eigenvalue weighted by atomic mass is 10.5. The number of nitrogens with one attached hydrogen (secondary N) is 1. The van der Waals surface area contributed by atoms with Crippen molar-refractivity contribution in [1.82, 2.24) is 24.8 Å². The summed E-state index contributed by atoms with van der Waals surface area (Å²) in [6.07, 6.45) is 7.26. The number of rotatable bonds is 5. The average molecular weight is 217 g/mol. The van der Waals surface area contributed by atoms with Gasteiger partial charge < -0.3 is 9.88 Å². The number of hydrogen-bond donors (Lipinski definition) is 1. The molecule has 0 aliphatic rings. The Morgan fingerprint density at radius 2 is 2.00 bits per heavy atom. The average Bonchev–Trinajstić information content (AvgIpc) is 2.75. The number of hydrogen-bond acceptors (Lipinski definition) is 4. The van der Waals surface area contributed by atoms with E-state index in [9.17, 15) is 0 Å². The molecule has 2 aromatic rings. The van der Waals surface area contributed by atoms with Gasteiger partial charge in [-0.05, 0) is 12.6 Å². The quantitative estimate of drug-likeness (QED) is 0.806. The number of nitrogens with zero attached hydrogens (tertiary/aromatic N) is 4. The van der Waals surface area contributed by atoms with Gasteiger partial charge in [0.25, 0.3) is 0 Å². The first kappa shape index (κ1) is 10.8. The van der Waals surface area contributed by atoms with Crippen LogP contribution >= 0.6 is 0 Å². The summed E-state index contributed by atoms with van der Waals surface area (Å²) in [4.78, 5) is 12.7. The molecule has 0 fully saturated rings. The Morgan fingerprint density at radius 3 is 2.75 bits per heavy atom. The lowest BCUT2D eigenvalue weighted by Crippen LogP contribution is -2.17. The summed E-state index contributed by atoms with van der Waals surface area (Å²) in [5.74, 6) is 1.81. The van der Waals surface area contributed by atoms with E-state index >= 15 is 0 Å². The Kier molecular flexibility index (Phi) is 3.61. The third-order valence-corrected chi connectivity index (χ3v) is 2.27. The van der Waals surface area contributed by atoms with E-state index in [1.54, 1.807) is 18.6 Å². The maximum Gasteiger partial charge on any atom is 0.147 e. The molecule has 0 bridgehead atoms. The summed E-state index contributed by atoms with van der Waals surface area (Å²) in [6, 6.07) is 1.82. The molecule has 1 N–H and O–H groups in total. The summed E-state index contributed by atoms with van der Waals surface area (Å²) in [7, 11) is 0. The van der Waals surface area contributed by atoms with Crippen molar-refractivity contribution in [3.8, 4) is 0 Å². The van der Waals surface area contributed by atoms with Crippen molar-refractivity contribution < 1.29 is 0 Å². The fourth-order valence-corrected chi connectivity index (χ4v) is 1.45. The van der Waals surface area contributed by atoms with Crippen molar-refractivity contribution in [3.05, 3.63) is 42.5 Å². The molecule has 0 spiro atoms. The van der Waals surface area contributed by atoms with Gasteiger partial charge in [0.15, 0.2) is 0 Å². The zero-order valence-corrected chi connectivity index (χ0v) is 9.30. The van der Waals surface area contributed by atoms with Crippen LogP contribution in [-0.4, -0.2) is 26.1 Å². The number of imidazole rings is 1. The summed E-state index contributed by atoms with van der Waals surface area (Å²) in [6.45, 7) is 4.46. The first-order chi connectivity index (χ1) is 7.90. The van der Waals surface area contributed by atoms with Crippen molar-refractivity contribution in [2.75, 3.05) is 6.54 Å². The molecule has 0 radical (unpaired) electrons. The number of aromatic nitrogens is 4. The Hall–Kier alpha value is -1.75. The van der Waals surface area contributed by atoms with Gasteiger partial charge in [-0.2, -0.15) is 0 Å². The van der Waals surface area contributed by atoms with Gasteiger partial charge in [0.1, 0.15) is 11.6 Å². The standard InChI is InChI=1S/C11H15N5/c1-2-12-8-11-15-6-7-16(11)9-10-13-4-3-5-14-10/h3-7,12H,2,8-9H2,1H3. The van der Waals surface area contributed by atoms with Gasteiger partial charge in [-0.15, -0.1) is 0 Å². The SMILES string of the molecule is CCNCc1nccn1Cc1ncccn1. The molecule has 0 aliphatic carbocycles. The van der Waals surface area contributed by atoms with Crippen molar-refractivity contribution in [2.45, 2.75) is 20.0 Å². The topological polar surface area (TPSA) is 55.6 Å². The van der Waals surface area contributed by atoms with Gasteiger partial charge in [0.2, 0.25) is 0 Å². The van der Waals surface area contributed by atoms with Gasteiger partial charge in [0.05, 0.1) is 13.1 Å². The smallest absolute Gasteiger partial charge is 0.147 e. The first-order valence-corrected chi connectivity index (χ1v) is 5.36. The summed E-state index contributed by atoms with van der Waals surface area (Å²) >= 11 is 0. The van der Waals surface area contributed by atoms with Crippen LogP contribution in [0.2, 0.25) is 0 Å². The van der Waals surface area contributed by atoms with Gasteiger partial charge in [-0.25, -0.2) is 15.0 Å². The van der Waals surface area contributed by atoms with Crippen LogP contribution in [0.3, 0.4) is 0 Å². The Bertz CT molecular complexity index is 423. The van der Waals surface area contributed by atoms with Crippen LogP contribution in [0.4, 0.5) is 0 Å². The predicted molar refractivity (Wildman–Crippen MR) is 60.7 cm³/mol.